The maximum Gasteiger partial charge on any atom is 0.238 e. The molecular formula is C7H7BrClN5O. The second-order valence-electron chi connectivity index (χ2n) is 3.07. The lowest BCUT2D eigenvalue weighted by atomic mass is 10.4. The molecule has 1 unspecified atom stereocenters. The Morgan fingerprint density at radius 2 is 2.20 bits per heavy atom. The lowest BCUT2D eigenvalue weighted by Crippen LogP contribution is -2.27. The molecule has 6 nitrogen and oxygen atoms in total. The molecule has 0 aliphatic carbocycles. The van der Waals surface area contributed by atoms with Crippen molar-refractivity contribution in [2.45, 2.75) is 11.2 Å². The van der Waals surface area contributed by atoms with Gasteiger partial charge in [0.25, 0.3) is 0 Å². The molecule has 0 saturated carbocycles. The summed E-state index contributed by atoms with van der Waals surface area (Å²) >= 11 is 8.98. The second kappa shape index (κ2) is 3.90. The van der Waals surface area contributed by atoms with Crippen LogP contribution >= 0.6 is 27.5 Å². The van der Waals surface area contributed by atoms with Crippen LogP contribution in [0.2, 0.25) is 5.28 Å². The smallest absolute Gasteiger partial charge is 0.238 e. The lowest BCUT2D eigenvalue weighted by Gasteiger charge is -2.13. The molecule has 1 saturated heterocycles. The number of nitrogens with two attached hydrogens (primary N) is 1. The number of aromatic nitrogens is 3. The zero-order valence-electron chi connectivity index (χ0n) is 7.52. The molecule has 1 amide bonds. The summed E-state index contributed by atoms with van der Waals surface area (Å²) in [5.41, 5.74) is 5.41. The van der Waals surface area contributed by atoms with E-state index in [4.69, 9.17) is 17.3 Å². The van der Waals surface area contributed by atoms with Crippen molar-refractivity contribution >= 4 is 45.3 Å². The predicted octanol–water partition coefficient (Wildman–Crippen LogP) is 0.607. The van der Waals surface area contributed by atoms with E-state index in [0.717, 1.165) is 0 Å². The molecule has 1 aliphatic rings. The van der Waals surface area contributed by atoms with Crippen LogP contribution in [0.1, 0.15) is 6.42 Å². The van der Waals surface area contributed by atoms with Crippen molar-refractivity contribution in [3.05, 3.63) is 5.28 Å². The van der Waals surface area contributed by atoms with Crippen molar-refractivity contribution in [1.82, 2.24) is 15.0 Å². The first-order valence-corrected chi connectivity index (χ1v) is 5.47. The Hall–Kier alpha value is -0.950. The number of carbonyl (C=O) groups is 1. The maximum atomic E-state index is 11.5. The van der Waals surface area contributed by atoms with Gasteiger partial charge < -0.3 is 5.73 Å². The SMILES string of the molecule is Nc1nc(Cl)nc(N2CC(Br)CC2=O)n1. The van der Waals surface area contributed by atoms with Gasteiger partial charge in [0.1, 0.15) is 0 Å². The number of amides is 1. The van der Waals surface area contributed by atoms with Gasteiger partial charge in [-0.2, -0.15) is 15.0 Å². The third kappa shape index (κ3) is 2.18. The number of alkyl halides is 1. The first kappa shape index (κ1) is 10.6. The Balaban J connectivity index is 2.33. The molecule has 0 bridgehead atoms. The molecular weight excluding hydrogens is 285 g/mol. The van der Waals surface area contributed by atoms with E-state index in [-0.39, 0.29) is 27.9 Å². The lowest BCUT2D eigenvalue weighted by molar-refractivity contribution is -0.117. The van der Waals surface area contributed by atoms with E-state index in [1.807, 2.05) is 0 Å². The van der Waals surface area contributed by atoms with Crippen molar-refractivity contribution < 1.29 is 4.79 Å². The van der Waals surface area contributed by atoms with E-state index in [1.165, 1.54) is 4.90 Å². The Kier molecular flexibility index (Phi) is 2.74. The standard InChI is InChI=1S/C7H7BrClN5O/c8-3-1-4(15)14(2-3)7-12-5(9)11-6(10)13-7/h3H,1-2H2,(H2,10,11,12,13). The highest BCUT2D eigenvalue weighted by Gasteiger charge is 2.31. The number of halogens is 2. The van der Waals surface area contributed by atoms with Crippen LogP contribution in [-0.2, 0) is 4.79 Å². The second-order valence-corrected chi connectivity index (χ2v) is 4.70. The highest BCUT2D eigenvalue weighted by atomic mass is 79.9. The first-order valence-electron chi connectivity index (χ1n) is 4.18. The molecule has 15 heavy (non-hydrogen) atoms. The third-order valence-electron chi connectivity index (χ3n) is 1.93. The minimum absolute atomic E-state index is 0.0100. The van der Waals surface area contributed by atoms with E-state index in [2.05, 4.69) is 30.9 Å². The van der Waals surface area contributed by atoms with Gasteiger partial charge in [-0.15, -0.1) is 0 Å². The zero-order chi connectivity index (χ0) is 11.0. The Morgan fingerprint density at radius 1 is 1.47 bits per heavy atom. The van der Waals surface area contributed by atoms with E-state index in [1.54, 1.807) is 0 Å². The average Bonchev–Trinajstić information content (AvgIpc) is 2.43. The van der Waals surface area contributed by atoms with Crippen LogP contribution in [0.25, 0.3) is 0 Å². The van der Waals surface area contributed by atoms with Crippen LogP contribution in [0.3, 0.4) is 0 Å². The zero-order valence-corrected chi connectivity index (χ0v) is 9.86. The monoisotopic (exact) mass is 291 g/mol. The summed E-state index contributed by atoms with van der Waals surface area (Å²) in [6.07, 6.45) is 0.420. The van der Waals surface area contributed by atoms with E-state index >= 15 is 0 Å². The van der Waals surface area contributed by atoms with Crippen molar-refractivity contribution in [3.63, 3.8) is 0 Å². The minimum Gasteiger partial charge on any atom is -0.368 e. The van der Waals surface area contributed by atoms with Crippen LogP contribution in [-0.4, -0.2) is 32.2 Å². The molecule has 8 heteroatoms. The van der Waals surface area contributed by atoms with Crippen LogP contribution in [0.15, 0.2) is 0 Å². The summed E-state index contributed by atoms with van der Waals surface area (Å²) in [5, 5.41) is -0.0108. The molecule has 0 spiro atoms. The number of hydrogen-bond acceptors (Lipinski definition) is 5. The number of anilines is 2. The summed E-state index contributed by atoms with van der Waals surface area (Å²) in [5.74, 6) is 0.161. The summed E-state index contributed by atoms with van der Waals surface area (Å²) < 4.78 is 0. The molecule has 1 fully saturated rings. The highest BCUT2D eigenvalue weighted by molar-refractivity contribution is 9.09. The van der Waals surface area contributed by atoms with Gasteiger partial charge in [-0.25, -0.2) is 0 Å². The summed E-state index contributed by atoms with van der Waals surface area (Å²) in [4.78, 5) is 24.4. The molecule has 80 valence electrons. The molecule has 1 aromatic heterocycles. The minimum atomic E-state index is -0.0569. The van der Waals surface area contributed by atoms with Crippen molar-refractivity contribution in [3.8, 4) is 0 Å². The third-order valence-corrected chi connectivity index (χ3v) is 2.72. The van der Waals surface area contributed by atoms with E-state index < -0.39 is 0 Å². The number of nitrogens with zero attached hydrogens (tertiary/aromatic N) is 4. The molecule has 1 aromatic rings. The van der Waals surface area contributed by atoms with Gasteiger partial charge >= 0.3 is 0 Å². The maximum absolute atomic E-state index is 11.5. The Morgan fingerprint density at radius 3 is 2.73 bits per heavy atom. The summed E-state index contributed by atoms with van der Waals surface area (Å²) in [6, 6.07) is 0. The van der Waals surface area contributed by atoms with Crippen molar-refractivity contribution in [1.29, 1.82) is 0 Å². The first-order chi connectivity index (χ1) is 7.06. The number of rotatable bonds is 1. The van der Waals surface area contributed by atoms with Crippen LogP contribution < -0.4 is 10.6 Å². The molecule has 1 aliphatic heterocycles. The van der Waals surface area contributed by atoms with Crippen molar-refractivity contribution in [2.75, 3.05) is 17.2 Å². The number of hydrogen-bond donors (Lipinski definition) is 1. The molecule has 2 rings (SSSR count). The van der Waals surface area contributed by atoms with Gasteiger partial charge in [0.15, 0.2) is 0 Å². The molecule has 0 aromatic carbocycles. The van der Waals surface area contributed by atoms with Crippen LogP contribution in [0, 0.1) is 0 Å². The molecule has 2 heterocycles. The van der Waals surface area contributed by atoms with Crippen LogP contribution in [0.5, 0.6) is 0 Å². The Bertz CT molecular complexity index is 394. The van der Waals surface area contributed by atoms with Gasteiger partial charge in [0, 0.05) is 17.8 Å². The fourth-order valence-electron chi connectivity index (χ4n) is 1.33. The topological polar surface area (TPSA) is 85.0 Å². The number of nitrogen functional groups attached to an aromatic ring is 1. The largest absolute Gasteiger partial charge is 0.368 e. The van der Waals surface area contributed by atoms with Gasteiger partial charge in [-0.05, 0) is 11.6 Å². The molecule has 0 radical (unpaired) electrons. The summed E-state index contributed by atoms with van der Waals surface area (Å²) in [6.45, 7) is 0.513. The summed E-state index contributed by atoms with van der Waals surface area (Å²) in [7, 11) is 0. The van der Waals surface area contributed by atoms with Gasteiger partial charge in [0.2, 0.25) is 23.1 Å². The quantitative estimate of drug-likeness (QED) is 0.767. The van der Waals surface area contributed by atoms with Gasteiger partial charge in [-0.1, -0.05) is 15.9 Å². The molecule has 1 atom stereocenters. The fourth-order valence-corrected chi connectivity index (χ4v) is 2.06. The fraction of sp³-hybridized carbons (Fsp3) is 0.429. The Labute approximate surface area is 99.0 Å². The normalized spacial score (nSPS) is 21.1. The van der Waals surface area contributed by atoms with E-state index in [9.17, 15) is 4.79 Å². The van der Waals surface area contributed by atoms with Gasteiger partial charge in [0.05, 0.1) is 0 Å². The highest BCUT2D eigenvalue weighted by Crippen LogP contribution is 2.23. The number of carbonyl (C=O) groups excluding carboxylic acids is 1. The van der Waals surface area contributed by atoms with Crippen molar-refractivity contribution in [2.24, 2.45) is 0 Å². The molecule has 2 N–H and O–H groups in total. The van der Waals surface area contributed by atoms with Gasteiger partial charge in [-0.3, -0.25) is 9.69 Å². The van der Waals surface area contributed by atoms with E-state index in [0.29, 0.717) is 13.0 Å². The predicted molar refractivity (Wildman–Crippen MR) is 58.9 cm³/mol. The van der Waals surface area contributed by atoms with Crippen LogP contribution in [0.4, 0.5) is 11.9 Å². The average molecular weight is 293 g/mol.